The zero-order chi connectivity index (χ0) is 23.0. The quantitative estimate of drug-likeness (QED) is 0.501. The number of imide groups is 2. The molecule has 0 aliphatic carbocycles. The van der Waals surface area contributed by atoms with Gasteiger partial charge in [0.25, 0.3) is 11.8 Å². The van der Waals surface area contributed by atoms with E-state index in [0.29, 0.717) is 22.2 Å². The molecule has 1 aliphatic rings. The Labute approximate surface area is 182 Å². The molecule has 3 aromatic rings. The molecule has 9 nitrogen and oxygen atoms in total. The van der Waals surface area contributed by atoms with E-state index in [-0.39, 0.29) is 22.9 Å². The summed E-state index contributed by atoms with van der Waals surface area (Å²) >= 11 is 0. The molecule has 162 valence electrons. The van der Waals surface area contributed by atoms with E-state index < -0.39 is 17.8 Å². The molecule has 1 fully saturated rings. The SMILES string of the molecule is COc1ccc(OC)c(N2C(=O)NC(=O)/C(=C\c3cn(C(C)=O)c4ccccc34)C2=O)c1. The van der Waals surface area contributed by atoms with E-state index in [9.17, 15) is 19.2 Å². The second-order valence-electron chi connectivity index (χ2n) is 6.99. The first-order valence-electron chi connectivity index (χ1n) is 9.60. The number of ether oxygens (including phenoxy) is 2. The van der Waals surface area contributed by atoms with E-state index in [1.54, 1.807) is 42.6 Å². The summed E-state index contributed by atoms with van der Waals surface area (Å²) < 4.78 is 11.9. The third kappa shape index (κ3) is 3.39. The zero-order valence-corrected chi connectivity index (χ0v) is 17.5. The lowest BCUT2D eigenvalue weighted by molar-refractivity contribution is -0.122. The molecule has 1 saturated heterocycles. The van der Waals surface area contributed by atoms with Gasteiger partial charge in [0.15, 0.2) is 0 Å². The maximum atomic E-state index is 13.3. The Morgan fingerprint density at radius 1 is 1.03 bits per heavy atom. The molecule has 1 aliphatic heterocycles. The number of nitrogens with one attached hydrogen (secondary N) is 1. The standard InChI is InChI=1S/C23H19N3O6/c1-13(27)25-12-14(16-6-4-5-7-18(16)25)10-17-21(28)24-23(30)26(22(17)29)19-11-15(31-2)8-9-20(19)32-3/h4-12H,1-3H3,(H,24,28,30)/b17-10+. The fraction of sp³-hybridized carbons (Fsp3) is 0.130. The van der Waals surface area contributed by atoms with Gasteiger partial charge < -0.3 is 9.47 Å². The van der Waals surface area contributed by atoms with Crippen molar-refractivity contribution in [3.05, 3.63) is 59.8 Å². The number of fused-ring (bicyclic) bond motifs is 1. The third-order valence-electron chi connectivity index (χ3n) is 5.11. The average molecular weight is 433 g/mol. The number of hydrogen-bond acceptors (Lipinski definition) is 6. The highest BCUT2D eigenvalue weighted by Crippen LogP contribution is 2.35. The van der Waals surface area contributed by atoms with Crippen LogP contribution >= 0.6 is 0 Å². The number of carbonyl (C=O) groups excluding carboxylic acids is 4. The zero-order valence-electron chi connectivity index (χ0n) is 17.5. The number of carbonyl (C=O) groups is 4. The molecule has 1 aromatic heterocycles. The van der Waals surface area contributed by atoms with Crippen LogP contribution in [-0.4, -0.2) is 42.5 Å². The van der Waals surface area contributed by atoms with Crippen molar-refractivity contribution < 1.29 is 28.7 Å². The predicted octanol–water partition coefficient (Wildman–Crippen LogP) is 2.99. The number of amides is 4. The summed E-state index contributed by atoms with van der Waals surface area (Å²) in [5.74, 6) is -1.24. The van der Waals surface area contributed by atoms with E-state index in [1.807, 2.05) is 0 Å². The van der Waals surface area contributed by atoms with E-state index in [2.05, 4.69) is 5.32 Å². The molecule has 4 rings (SSSR count). The first kappa shape index (κ1) is 20.9. The molecule has 2 aromatic carbocycles. The Hall–Kier alpha value is -4.40. The predicted molar refractivity (Wildman–Crippen MR) is 117 cm³/mol. The van der Waals surface area contributed by atoms with E-state index in [1.165, 1.54) is 37.9 Å². The second kappa shape index (κ2) is 8.03. The first-order chi connectivity index (χ1) is 15.3. The highest BCUT2D eigenvalue weighted by molar-refractivity contribution is 6.39. The van der Waals surface area contributed by atoms with Gasteiger partial charge in [-0.15, -0.1) is 0 Å². The molecule has 0 unspecified atom stereocenters. The summed E-state index contributed by atoms with van der Waals surface area (Å²) in [7, 11) is 2.85. The summed E-state index contributed by atoms with van der Waals surface area (Å²) in [6, 6.07) is 10.8. The largest absolute Gasteiger partial charge is 0.497 e. The highest BCUT2D eigenvalue weighted by Gasteiger charge is 2.38. The van der Waals surface area contributed by atoms with Crippen LogP contribution in [0, 0.1) is 0 Å². The van der Waals surface area contributed by atoms with Gasteiger partial charge in [-0.25, -0.2) is 9.69 Å². The molecule has 0 radical (unpaired) electrons. The molecule has 2 heterocycles. The molecule has 4 amide bonds. The van der Waals surface area contributed by atoms with Crippen molar-refractivity contribution >= 4 is 46.4 Å². The summed E-state index contributed by atoms with van der Waals surface area (Å²) in [6.45, 7) is 1.41. The maximum absolute atomic E-state index is 13.3. The summed E-state index contributed by atoms with van der Waals surface area (Å²) in [5, 5.41) is 2.86. The number of methoxy groups -OCH3 is 2. The van der Waals surface area contributed by atoms with Gasteiger partial charge in [-0.3, -0.25) is 24.3 Å². The Bertz CT molecular complexity index is 1320. The van der Waals surface area contributed by atoms with Gasteiger partial charge in [0.05, 0.1) is 25.4 Å². The van der Waals surface area contributed by atoms with Crippen LogP contribution in [0.25, 0.3) is 17.0 Å². The van der Waals surface area contributed by atoms with Gasteiger partial charge in [0, 0.05) is 30.1 Å². The molecule has 32 heavy (non-hydrogen) atoms. The molecular weight excluding hydrogens is 414 g/mol. The summed E-state index contributed by atoms with van der Waals surface area (Å²) in [5.41, 5.74) is 0.985. The number of nitrogens with zero attached hydrogens (tertiary/aromatic N) is 2. The number of benzene rings is 2. The van der Waals surface area contributed by atoms with Gasteiger partial charge in [0.2, 0.25) is 5.91 Å². The van der Waals surface area contributed by atoms with Gasteiger partial charge in [-0.05, 0) is 24.3 Å². The van der Waals surface area contributed by atoms with Crippen LogP contribution in [0.1, 0.15) is 17.3 Å². The smallest absolute Gasteiger partial charge is 0.336 e. The fourth-order valence-electron chi connectivity index (χ4n) is 3.58. The lowest BCUT2D eigenvalue weighted by atomic mass is 10.1. The molecule has 0 saturated carbocycles. The first-order valence-corrected chi connectivity index (χ1v) is 9.60. The van der Waals surface area contributed by atoms with Gasteiger partial charge >= 0.3 is 6.03 Å². The van der Waals surface area contributed by atoms with Crippen molar-refractivity contribution in [1.82, 2.24) is 9.88 Å². The van der Waals surface area contributed by atoms with Gasteiger partial charge in [-0.1, -0.05) is 18.2 Å². The van der Waals surface area contributed by atoms with Crippen molar-refractivity contribution in [2.45, 2.75) is 6.92 Å². The minimum absolute atomic E-state index is 0.124. The van der Waals surface area contributed by atoms with E-state index >= 15 is 0 Å². The van der Waals surface area contributed by atoms with Crippen molar-refractivity contribution in [3.8, 4) is 11.5 Å². The Kier molecular flexibility index (Phi) is 5.23. The van der Waals surface area contributed by atoms with Gasteiger partial charge in [0.1, 0.15) is 17.1 Å². The monoisotopic (exact) mass is 433 g/mol. The topological polar surface area (TPSA) is 107 Å². The van der Waals surface area contributed by atoms with E-state index in [0.717, 1.165) is 4.90 Å². The molecular formula is C23H19N3O6. The number of rotatable bonds is 4. The van der Waals surface area contributed by atoms with Crippen LogP contribution in [0.4, 0.5) is 10.5 Å². The van der Waals surface area contributed by atoms with Crippen molar-refractivity contribution in [3.63, 3.8) is 0 Å². The Morgan fingerprint density at radius 3 is 2.47 bits per heavy atom. The number of para-hydroxylation sites is 1. The number of anilines is 1. The molecule has 9 heteroatoms. The minimum Gasteiger partial charge on any atom is -0.497 e. The lowest BCUT2D eigenvalue weighted by Gasteiger charge is -2.27. The summed E-state index contributed by atoms with van der Waals surface area (Å²) in [6.07, 6.45) is 2.92. The van der Waals surface area contributed by atoms with Gasteiger partial charge in [-0.2, -0.15) is 0 Å². The fourth-order valence-corrected chi connectivity index (χ4v) is 3.58. The third-order valence-corrected chi connectivity index (χ3v) is 5.11. The van der Waals surface area contributed by atoms with Crippen LogP contribution in [-0.2, 0) is 9.59 Å². The Morgan fingerprint density at radius 2 is 1.78 bits per heavy atom. The second-order valence-corrected chi connectivity index (χ2v) is 6.99. The van der Waals surface area contributed by atoms with Crippen molar-refractivity contribution in [2.24, 2.45) is 0 Å². The average Bonchev–Trinajstić information content (AvgIpc) is 3.15. The maximum Gasteiger partial charge on any atom is 0.336 e. The van der Waals surface area contributed by atoms with Crippen LogP contribution in [0.2, 0.25) is 0 Å². The van der Waals surface area contributed by atoms with Crippen molar-refractivity contribution in [1.29, 1.82) is 0 Å². The normalized spacial score (nSPS) is 15.3. The Balaban J connectivity index is 1.85. The minimum atomic E-state index is -0.908. The lowest BCUT2D eigenvalue weighted by Crippen LogP contribution is -2.54. The van der Waals surface area contributed by atoms with Crippen LogP contribution < -0.4 is 19.7 Å². The highest BCUT2D eigenvalue weighted by atomic mass is 16.5. The van der Waals surface area contributed by atoms with Crippen LogP contribution in [0.5, 0.6) is 11.5 Å². The number of aromatic nitrogens is 1. The molecule has 1 N–H and O–H groups in total. The number of hydrogen-bond donors (Lipinski definition) is 1. The molecule has 0 spiro atoms. The molecule has 0 atom stereocenters. The number of barbiturate groups is 1. The van der Waals surface area contributed by atoms with E-state index in [4.69, 9.17) is 9.47 Å². The summed E-state index contributed by atoms with van der Waals surface area (Å²) in [4.78, 5) is 51.3. The number of urea groups is 1. The van der Waals surface area contributed by atoms with Crippen LogP contribution in [0.15, 0.2) is 54.2 Å². The molecule has 0 bridgehead atoms. The van der Waals surface area contributed by atoms with Crippen molar-refractivity contribution in [2.75, 3.05) is 19.1 Å². The van der Waals surface area contributed by atoms with Crippen LogP contribution in [0.3, 0.4) is 0 Å².